The maximum Gasteiger partial charge on any atom is 0.472 e. The van der Waals surface area contributed by atoms with Crippen molar-refractivity contribution in [2.45, 2.75) is 155 Å². The molecular formula is C40H70NO8P. The maximum absolute atomic E-state index is 12.1. The van der Waals surface area contributed by atoms with Crippen LogP contribution in [0, 0.1) is 0 Å². The smallest absolute Gasteiger partial charge is 0.463 e. The SMILES string of the molecule is CC/C=C\C/C=C\C/C=C\CCCCCC(=O)OCC(O)COP(=O)(O)OCCNC(=O)CCCCCCC/C=C\C/C=C\CCCCCC. The second kappa shape index (κ2) is 36.5. The third-order valence-electron chi connectivity index (χ3n) is 7.68. The number of ether oxygens (including phenoxy) is 1. The maximum atomic E-state index is 12.1. The molecule has 0 spiro atoms. The molecule has 2 atom stereocenters. The molecule has 0 saturated carbocycles. The van der Waals surface area contributed by atoms with Crippen LogP contribution in [0.3, 0.4) is 0 Å². The molecule has 9 nitrogen and oxygen atoms in total. The number of phosphoric acid groups is 1. The molecule has 0 aromatic rings. The van der Waals surface area contributed by atoms with Gasteiger partial charge in [-0.15, -0.1) is 0 Å². The van der Waals surface area contributed by atoms with E-state index in [9.17, 15) is 24.2 Å². The van der Waals surface area contributed by atoms with Gasteiger partial charge in [-0.2, -0.15) is 0 Å². The van der Waals surface area contributed by atoms with E-state index in [1.54, 1.807) is 0 Å². The normalized spacial score (nSPS) is 14.1. The molecule has 10 heteroatoms. The number of carbonyl (C=O) groups excluding carboxylic acids is 2. The van der Waals surface area contributed by atoms with Gasteiger partial charge in [0.05, 0.1) is 13.2 Å². The number of rotatable bonds is 35. The fourth-order valence-corrected chi connectivity index (χ4v) is 5.53. The molecule has 0 aliphatic carbocycles. The first kappa shape index (κ1) is 47.7. The van der Waals surface area contributed by atoms with Gasteiger partial charge in [0.1, 0.15) is 12.7 Å². The van der Waals surface area contributed by atoms with E-state index in [1.165, 1.54) is 32.1 Å². The molecule has 0 radical (unpaired) electrons. The lowest BCUT2D eigenvalue weighted by Gasteiger charge is -2.15. The number of amides is 1. The highest BCUT2D eigenvalue weighted by atomic mass is 31.2. The number of aliphatic hydroxyl groups is 1. The van der Waals surface area contributed by atoms with Gasteiger partial charge in [0.2, 0.25) is 5.91 Å². The highest BCUT2D eigenvalue weighted by molar-refractivity contribution is 7.47. The summed E-state index contributed by atoms with van der Waals surface area (Å²) in [6.45, 7) is 3.34. The lowest BCUT2D eigenvalue weighted by Crippen LogP contribution is -2.27. The number of aliphatic hydroxyl groups excluding tert-OH is 1. The fraction of sp³-hybridized carbons (Fsp3) is 0.700. The first-order chi connectivity index (χ1) is 24.3. The van der Waals surface area contributed by atoms with Crippen molar-refractivity contribution in [2.24, 2.45) is 0 Å². The zero-order chi connectivity index (χ0) is 36.8. The van der Waals surface area contributed by atoms with Crippen molar-refractivity contribution >= 4 is 19.7 Å². The van der Waals surface area contributed by atoms with Gasteiger partial charge in [-0.05, 0) is 77.0 Å². The van der Waals surface area contributed by atoms with Crippen molar-refractivity contribution in [3.63, 3.8) is 0 Å². The molecule has 288 valence electrons. The quantitative estimate of drug-likeness (QED) is 0.0255. The van der Waals surface area contributed by atoms with Gasteiger partial charge in [0.25, 0.3) is 0 Å². The van der Waals surface area contributed by atoms with Gasteiger partial charge in [0.15, 0.2) is 0 Å². The minimum absolute atomic E-state index is 0.0676. The van der Waals surface area contributed by atoms with Crippen molar-refractivity contribution in [1.29, 1.82) is 0 Å². The van der Waals surface area contributed by atoms with E-state index in [0.29, 0.717) is 12.8 Å². The Balaban J connectivity index is 3.69. The van der Waals surface area contributed by atoms with Gasteiger partial charge >= 0.3 is 13.8 Å². The van der Waals surface area contributed by atoms with E-state index in [1.807, 2.05) is 0 Å². The average molecular weight is 724 g/mol. The third kappa shape index (κ3) is 37.0. The summed E-state index contributed by atoms with van der Waals surface area (Å²) in [5, 5.41) is 12.6. The number of esters is 1. The van der Waals surface area contributed by atoms with E-state index in [4.69, 9.17) is 13.8 Å². The molecule has 0 aliphatic heterocycles. The number of allylic oxidation sites excluding steroid dienone is 10. The number of hydrogen-bond acceptors (Lipinski definition) is 7. The van der Waals surface area contributed by atoms with Gasteiger partial charge in [-0.3, -0.25) is 18.6 Å². The van der Waals surface area contributed by atoms with Gasteiger partial charge < -0.3 is 20.1 Å². The highest BCUT2D eigenvalue weighted by Gasteiger charge is 2.23. The molecule has 0 rings (SSSR count). The van der Waals surface area contributed by atoms with Gasteiger partial charge in [-0.25, -0.2) is 4.57 Å². The lowest BCUT2D eigenvalue weighted by atomic mass is 10.1. The summed E-state index contributed by atoms with van der Waals surface area (Å²) in [5.41, 5.74) is 0. The second-order valence-electron chi connectivity index (χ2n) is 12.5. The standard InChI is InChI=1S/C40H70NO8P/c1-3-5-7-9-11-13-15-17-18-19-21-22-24-26-28-30-32-39(43)41-34-35-48-50(45,46)49-37-38(42)36-47-40(44)33-31-29-27-25-23-20-16-14-12-10-8-6-4-2/h6,8,12-15,18-20,23,38,42H,3-5,7,9-11,16-17,21-22,24-37H2,1-2H3,(H,41,43)(H,45,46)/b8-6-,14-12-,15-13-,19-18-,23-20-. The second-order valence-corrected chi connectivity index (χ2v) is 14.0. The largest absolute Gasteiger partial charge is 0.472 e. The predicted octanol–water partition coefficient (Wildman–Crippen LogP) is 10.2. The molecule has 0 bridgehead atoms. The van der Waals surface area contributed by atoms with Crippen LogP contribution in [0.15, 0.2) is 60.8 Å². The molecule has 0 saturated heterocycles. The zero-order valence-corrected chi connectivity index (χ0v) is 32.2. The van der Waals surface area contributed by atoms with E-state index in [2.05, 4.69) is 79.9 Å². The molecule has 0 aromatic carbocycles. The van der Waals surface area contributed by atoms with Crippen LogP contribution >= 0.6 is 7.82 Å². The van der Waals surface area contributed by atoms with E-state index in [-0.39, 0.29) is 32.1 Å². The molecular weight excluding hydrogens is 653 g/mol. The van der Waals surface area contributed by atoms with Crippen molar-refractivity contribution in [1.82, 2.24) is 5.32 Å². The number of nitrogens with one attached hydrogen (secondary N) is 1. The topological polar surface area (TPSA) is 131 Å². The minimum Gasteiger partial charge on any atom is -0.463 e. The zero-order valence-electron chi connectivity index (χ0n) is 31.3. The summed E-state index contributed by atoms with van der Waals surface area (Å²) in [6.07, 6.45) is 41.5. The van der Waals surface area contributed by atoms with Crippen LogP contribution in [-0.2, 0) is 27.9 Å². The Morgan fingerprint density at radius 2 is 1.14 bits per heavy atom. The number of phosphoric ester groups is 1. The minimum atomic E-state index is -4.42. The average Bonchev–Trinajstić information content (AvgIpc) is 3.10. The third-order valence-corrected chi connectivity index (χ3v) is 8.67. The number of carbonyl (C=O) groups is 2. The molecule has 0 heterocycles. The first-order valence-electron chi connectivity index (χ1n) is 19.3. The van der Waals surface area contributed by atoms with E-state index >= 15 is 0 Å². The van der Waals surface area contributed by atoms with Gasteiger partial charge in [-0.1, -0.05) is 120 Å². The monoisotopic (exact) mass is 723 g/mol. The molecule has 0 fully saturated rings. The van der Waals surface area contributed by atoms with Crippen LogP contribution in [0.2, 0.25) is 0 Å². The molecule has 50 heavy (non-hydrogen) atoms. The van der Waals surface area contributed by atoms with Crippen LogP contribution in [0.5, 0.6) is 0 Å². The fourth-order valence-electron chi connectivity index (χ4n) is 4.78. The van der Waals surface area contributed by atoms with Crippen molar-refractivity contribution in [2.75, 3.05) is 26.4 Å². The number of unbranched alkanes of at least 4 members (excludes halogenated alkanes) is 12. The molecule has 3 N–H and O–H groups in total. The Morgan fingerprint density at radius 3 is 1.74 bits per heavy atom. The van der Waals surface area contributed by atoms with Crippen LogP contribution in [0.4, 0.5) is 0 Å². The molecule has 2 unspecified atom stereocenters. The molecule has 0 aliphatic rings. The summed E-state index contributed by atoms with van der Waals surface area (Å²) in [7, 11) is -4.42. The van der Waals surface area contributed by atoms with E-state index < -0.39 is 26.5 Å². The summed E-state index contributed by atoms with van der Waals surface area (Å²) in [5.74, 6) is -0.566. The van der Waals surface area contributed by atoms with Crippen molar-refractivity contribution in [3.05, 3.63) is 60.8 Å². The van der Waals surface area contributed by atoms with Crippen molar-refractivity contribution < 1.29 is 37.9 Å². The van der Waals surface area contributed by atoms with Crippen LogP contribution < -0.4 is 5.32 Å². The van der Waals surface area contributed by atoms with Gasteiger partial charge in [0, 0.05) is 19.4 Å². The Morgan fingerprint density at radius 1 is 0.640 bits per heavy atom. The predicted molar refractivity (Wildman–Crippen MR) is 206 cm³/mol. The van der Waals surface area contributed by atoms with E-state index in [0.717, 1.165) is 83.5 Å². The summed E-state index contributed by atoms with van der Waals surface area (Å²) < 4.78 is 26.7. The number of hydrogen-bond donors (Lipinski definition) is 3. The van der Waals surface area contributed by atoms with Crippen molar-refractivity contribution in [3.8, 4) is 0 Å². The van der Waals surface area contributed by atoms with Crippen LogP contribution in [0.25, 0.3) is 0 Å². The molecule has 0 aromatic heterocycles. The summed E-state index contributed by atoms with van der Waals surface area (Å²) >= 11 is 0. The van der Waals surface area contributed by atoms with Crippen LogP contribution in [-0.4, -0.2) is 54.3 Å². The molecule has 1 amide bonds. The van der Waals surface area contributed by atoms with Crippen LogP contribution in [0.1, 0.15) is 149 Å². The summed E-state index contributed by atoms with van der Waals surface area (Å²) in [6, 6.07) is 0. The summed E-state index contributed by atoms with van der Waals surface area (Å²) in [4.78, 5) is 33.8. The highest BCUT2D eigenvalue weighted by Crippen LogP contribution is 2.42. The lowest BCUT2D eigenvalue weighted by molar-refractivity contribution is -0.147. The Kier molecular flexibility index (Phi) is 34.8. The Bertz CT molecular complexity index is 1010. The first-order valence-corrected chi connectivity index (χ1v) is 20.8. The Labute approximate surface area is 304 Å². The Hall–Kier alpha value is -2.29.